The molecule has 0 bridgehead atoms. The van der Waals surface area contributed by atoms with E-state index in [0.717, 1.165) is 32.5 Å². The fourth-order valence-electron chi connectivity index (χ4n) is 1.74. The van der Waals surface area contributed by atoms with Crippen molar-refractivity contribution in [3.05, 3.63) is 0 Å². The number of nitrogens with zero attached hydrogens (tertiary/aromatic N) is 1. The number of carbonyl (C=O) groups excluding carboxylic acids is 1. The lowest BCUT2D eigenvalue weighted by Gasteiger charge is -2.26. The van der Waals surface area contributed by atoms with Gasteiger partial charge < -0.3 is 10.2 Å². The average Bonchev–Trinajstić information content (AvgIpc) is 2.30. The molecule has 1 aliphatic heterocycles. The fraction of sp³-hybridized carbons (Fsp3) is 0.900. The third kappa shape index (κ3) is 2.99. The minimum Gasteiger partial charge on any atom is -0.339 e. The summed E-state index contributed by atoms with van der Waals surface area (Å²) in [4.78, 5) is 13.7. The molecule has 3 heteroatoms. The van der Waals surface area contributed by atoms with E-state index in [1.54, 1.807) is 0 Å². The van der Waals surface area contributed by atoms with Crippen LogP contribution in [0.25, 0.3) is 0 Å². The number of amides is 1. The van der Waals surface area contributed by atoms with E-state index in [9.17, 15) is 4.79 Å². The van der Waals surface area contributed by atoms with Gasteiger partial charge in [-0.15, -0.1) is 0 Å². The molecule has 1 aliphatic rings. The van der Waals surface area contributed by atoms with Crippen molar-refractivity contribution in [2.24, 2.45) is 0 Å². The molecule has 1 rings (SSSR count). The molecule has 13 heavy (non-hydrogen) atoms. The molecule has 0 radical (unpaired) electrons. The van der Waals surface area contributed by atoms with Gasteiger partial charge in [0.1, 0.15) is 0 Å². The lowest BCUT2D eigenvalue weighted by Crippen LogP contribution is -2.39. The summed E-state index contributed by atoms with van der Waals surface area (Å²) in [5, 5.41) is 3.31. The number of hydrogen-bond acceptors (Lipinski definition) is 2. The summed E-state index contributed by atoms with van der Waals surface area (Å²) in [6.07, 6.45) is 2.73. The van der Waals surface area contributed by atoms with Crippen molar-refractivity contribution >= 4 is 5.91 Å². The van der Waals surface area contributed by atoms with Gasteiger partial charge >= 0.3 is 0 Å². The van der Waals surface area contributed by atoms with Crippen molar-refractivity contribution < 1.29 is 4.79 Å². The molecule has 1 fully saturated rings. The van der Waals surface area contributed by atoms with E-state index >= 15 is 0 Å². The molecule has 3 nitrogen and oxygen atoms in total. The summed E-state index contributed by atoms with van der Waals surface area (Å²) in [5.41, 5.74) is 0. The van der Waals surface area contributed by atoms with Crippen molar-refractivity contribution in [3.8, 4) is 0 Å². The third-order valence-electron chi connectivity index (χ3n) is 2.58. The van der Waals surface area contributed by atoms with Crippen LogP contribution in [0.5, 0.6) is 0 Å². The lowest BCUT2D eigenvalue weighted by molar-refractivity contribution is -0.132. The predicted octanol–water partition coefficient (Wildman–Crippen LogP) is 0.997. The van der Waals surface area contributed by atoms with Crippen LogP contribution in [0.15, 0.2) is 0 Å². The van der Waals surface area contributed by atoms with Crippen molar-refractivity contribution in [3.63, 3.8) is 0 Å². The van der Waals surface area contributed by atoms with Crippen molar-refractivity contribution in [2.45, 2.75) is 39.2 Å². The molecule has 0 saturated carbocycles. The zero-order chi connectivity index (χ0) is 9.68. The molecule has 76 valence electrons. The Kier molecular flexibility index (Phi) is 4.22. The summed E-state index contributed by atoms with van der Waals surface area (Å²) in [7, 11) is 0. The van der Waals surface area contributed by atoms with Gasteiger partial charge in [-0.1, -0.05) is 6.92 Å². The van der Waals surface area contributed by atoms with E-state index in [1.165, 1.54) is 0 Å². The van der Waals surface area contributed by atoms with E-state index in [2.05, 4.69) is 19.2 Å². The largest absolute Gasteiger partial charge is 0.339 e. The monoisotopic (exact) mass is 184 g/mol. The van der Waals surface area contributed by atoms with E-state index in [1.807, 2.05) is 4.90 Å². The Balaban J connectivity index is 2.48. The smallest absolute Gasteiger partial charge is 0.222 e. The Morgan fingerprint density at radius 1 is 1.54 bits per heavy atom. The van der Waals surface area contributed by atoms with Gasteiger partial charge in [-0.05, 0) is 26.3 Å². The lowest BCUT2D eigenvalue weighted by atomic mass is 10.2. The van der Waals surface area contributed by atoms with Gasteiger partial charge in [0.25, 0.3) is 0 Å². The summed E-state index contributed by atoms with van der Waals surface area (Å²) in [5.74, 6) is 0.318. The molecule has 0 spiro atoms. The predicted molar refractivity (Wildman–Crippen MR) is 53.6 cm³/mol. The van der Waals surface area contributed by atoms with Crippen LogP contribution in [0.4, 0.5) is 0 Å². The van der Waals surface area contributed by atoms with Crippen LogP contribution in [0.2, 0.25) is 0 Å². The molecule has 1 unspecified atom stereocenters. The number of hydrogen-bond donors (Lipinski definition) is 1. The van der Waals surface area contributed by atoms with Gasteiger partial charge in [0, 0.05) is 25.6 Å². The van der Waals surface area contributed by atoms with E-state index in [-0.39, 0.29) is 0 Å². The molecule has 1 N–H and O–H groups in total. The summed E-state index contributed by atoms with van der Waals surface area (Å²) >= 11 is 0. The van der Waals surface area contributed by atoms with Crippen LogP contribution < -0.4 is 5.32 Å². The minimum atomic E-state index is 0.318. The van der Waals surface area contributed by atoms with E-state index < -0.39 is 0 Å². The van der Waals surface area contributed by atoms with Crippen molar-refractivity contribution in [1.82, 2.24) is 10.2 Å². The summed E-state index contributed by atoms with van der Waals surface area (Å²) in [6, 6.07) is 0.411. The molecule has 1 atom stereocenters. The second-order valence-electron chi connectivity index (χ2n) is 3.72. The zero-order valence-electron chi connectivity index (χ0n) is 8.68. The topological polar surface area (TPSA) is 32.3 Å². The maximum Gasteiger partial charge on any atom is 0.222 e. The zero-order valence-corrected chi connectivity index (χ0v) is 8.68. The fourth-order valence-corrected chi connectivity index (χ4v) is 1.74. The first-order valence-electron chi connectivity index (χ1n) is 5.26. The molecular formula is C10H20N2O. The molecule has 0 aromatic heterocycles. The van der Waals surface area contributed by atoms with E-state index in [0.29, 0.717) is 18.4 Å². The molecular weight excluding hydrogens is 164 g/mol. The third-order valence-corrected chi connectivity index (χ3v) is 2.58. The standard InChI is InChI=1S/C10H20N2O/c1-3-4-10(13)12-8-7-11-6-5-9(12)2/h9,11H,3-8H2,1-2H3. The van der Waals surface area contributed by atoms with Crippen LogP contribution in [-0.4, -0.2) is 36.5 Å². The number of rotatable bonds is 2. The maximum absolute atomic E-state index is 11.7. The number of carbonyl (C=O) groups is 1. The highest BCUT2D eigenvalue weighted by molar-refractivity contribution is 5.76. The maximum atomic E-state index is 11.7. The quantitative estimate of drug-likeness (QED) is 0.694. The van der Waals surface area contributed by atoms with Gasteiger partial charge in [-0.3, -0.25) is 4.79 Å². The highest BCUT2D eigenvalue weighted by Crippen LogP contribution is 2.08. The normalized spacial score (nSPS) is 24.2. The Labute approximate surface area is 80.5 Å². The van der Waals surface area contributed by atoms with Gasteiger partial charge in [0.15, 0.2) is 0 Å². The Morgan fingerprint density at radius 2 is 2.31 bits per heavy atom. The van der Waals surface area contributed by atoms with Crippen molar-refractivity contribution in [2.75, 3.05) is 19.6 Å². The molecule has 1 heterocycles. The van der Waals surface area contributed by atoms with E-state index in [4.69, 9.17) is 0 Å². The highest BCUT2D eigenvalue weighted by atomic mass is 16.2. The molecule has 1 amide bonds. The summed E-state index contributed by atoms with van der Waals surface area (Å²) < 4.78 is 0. The van der Waals surface area contributed by atoms with Crippen LogP contribution in [-0.2, 0) is 4.79 Å². The van der Waals surface area contributed by atoms with Gasteiger partial charge in [0.2, 0.25) is 5.91 Å². The SMILES string of the molecule is CCCC(=O)N1CCNCCC1C. The van der Waals surface area contributed by atoms with Crippen LogP contribution in [0, 0.1) is 0 Å². The second kappa shape index (κ2) is 5.22. The van der Waals surface area contributed by atoms with Gasteiger partial charge in [-0.2, -0.15) is 0 Å². The van der Waals surface area contributed by atoms with Crippen LogP contribution in [0.1, 0.15) is 33.1 Å². The average molecular weight is 184 g/mol. The molecule has 1 saturated heterocycles. The van der Waals surface area contributed by atoms with Crippen molar-refractivity contribution in [1.29, 1.82) is 0 Å². The first-order valence-corrected chi connectivity index (χ1v) is 5.26. The Bertz CT molecular complexity index is 170. The molecule has 0 aromatic rings. The van der Waals surface area contributed by atoms with Gasteiger partial charge in [0.05, 0.1) is 0 Å². The molecule has 0 aromatic carbocycles. The Hall–Kier alpha value is -0.570. The highest BCUT2D eigenvalue weighted by Gasteiger charge is 2.20. The Morgan fingerprint density at radius 3 is 3.00 bits per heavy atom. The van der Waals surface area contributed by atoms with Crippen LogP contribution in [0.3, 0.4) is 0 Å². The number of nitrogens with one attached hydrogen (secondary N) is 1. The molecule has 0 aliphatic carbocycles. The first kappa shape index (κ1) is 10.5. The summed E-state index contributed by atoms with van der Waals surface area (Å²) in [6.45, 7) is 7.05. The second-order valence-corrected chi connectivity index (χ2v) is 3.72. The van der Waals surface area contributed by atoms with Crippen LogP contribution >= 0.6 is 0 Å². The minimum absolute atomic E-state index is 0.318. The van der Waals surface area contributed by atoms with Gasteiger partial charge in [-0.25, -0.2) is 0 Å². The first-order chi connectivity index (χ1) is 6.25.